The van der Waals surface area contributed by atoms with Crippen LogP contribution in [0.1, 0.15) is 23.4 Å². The average molecular weight is 332 g/mol. The van der Waals surface area contributed by atoms with Gasteiger partial charge in [-0.2, -0.15) is 0 Å². The molecule has 1 saturated heterocycles. The van der Waals surface area contributed by atoms with E-state index in [1.165, 1.54) is 10.4 Å². The molecule has 0 aliphatic carbocycles. The summed E-state index contributed by atoms with van der Waals surface area (Å²) in [6, 6.07) is 8.78. The summed E-state index contributed by atoms with van der Waals surface area (Å²) in [5.41, 5.74) is 7.02. The number of piperazine rings is 1. The summed E-state index contributed by atoms with van der Waals surface area (Å²) in [5, 5.41) is 0.658. The topological polar surface area (TPSA) is 54.6 Å². The molecule has 0 radical (unpaired) electrons. The molecule has 3 rings (SSSR count). The summed E-state index contributed by atoms with van der Waals surface area (Å²) in [5.74, 6) is 0.927. The number of methoxy groups -OCH3 is 1. The number of hydrogen-bond acceptors (Lipinski definition) is 6. The van der Waals surface area contributed by atoms with Crippen LogP contribution in [0.15, 0.2) is 30.5 Å². The van der Waals surface area contributed by atoms with E-state index in [1.54, 1.807) is 18.4 Å². The Kier molecular flexibility index (Phi) is 5.15. The van der Waals surface area contributed by atoms with Crippen molar-refractivity contribution < 1.29 is 4.74 Å². The van der Waals surface area contributed by atoms with E-state index in [4.69, 9.17) is 10.5 Å². The van der Waals surface area contributed by atoms with Crippen molar-refractivity contribution in [2.45, 2.75) is 19.5 Å². The minimum atomic E-state index is 0.409. The van der Waals surface area contributed by atoms with Crippen molar-refractivity contribution in [3.63, 3.8) is 0 Å². The molecule has 1 aromatic carbocycles. The highest BCUT2D eigenvalue weighted by atomic mass is 32.1. The van der Waals surface area contributed by atoms with Crippen LogP contribution in [0.2, 0.25) is 0 Å². The van der Waals surface area contributed by atoms with E-state index < -0.39 is 0 Å². The molecule has 1 aliphatic heterocycles. The first-order valence-electron chi connectivity index (χ1n) is 7.96. The first-order chi connectivity index (χ1) is 11.2. The fourth-order valence-corrected chi connectivity index (χ4v) is 3.76. The number of nitrogens with two attached hydrogens (primary N) is 1. The Morgan fingerprint density at radius 1 is 1.30 bits per heavy atom. The number of hydrogen-bond donors (Lipinski definition) is 1. The Labute approximate surface area is 141 Å². The van der Waals surface area contributed by atoms with Gasteiger partial charge >= 0.3 is 0 Å². The lowest BCUT2D eigenvalue weighted by Crippen LogP contribution is -2.46. The van der Waals surface area contributed by atoms with Gasteiger partial charge in [0, 0.05) is 49.8 Å². The Morgan fingerprint density at radius 2 is 2.09 bits per heavy atom. The Bertz CT molecular complexity index is 637. The number of benzene rings is 1. The third-order valence-corrected chi connectivity index (χ3v) is 5.29. The zero-order chi connectivity index (χ0) is 16.2. The van der Waals surface area contributed by atoms with Crippen LogP contribution in [0.3, 0.4) is 0 Å². The monoisotopic (exact) mass is 332 g/mol. The predicted molar refractivity (Wildman–Crippen MR) is 94.8 cm³/mol. The van der Waals surface area contributed by atoms with Crippen molar-refractivity contribution in [1.82, 2.24) is 14.8 Å². The molecule has 1 atom stereocenters. The summed E-state index contributed by atoms with van der Waals surface area (Å²) in [6.45, 7) is 7.53. The third kappa shape index (κ3) is 4.02. The van der Waals surface area contributed by atoms with Crippen LogP contribution >= 0.6 is 11.3 Å². The third-order valence-electron chi connectivity index (χ3n) is 4.48. The number of nitrogens with zero attached hydrogens (tertiary/aromatic N) is 3. The number of rotatable bonds is 5. The molecule has 0 spiro atoms. The van der Waals surface area contributed by atoms with Crippen molar-refractivity contribution >= 4 is 16.5 Å². The largest absolute Gasteiger partial charge is 0.497 e. The van der Waals surface area contributed by atoms with Gasteiger partial charge < -0.3 is 10.5 Å². The number of nitrogen functional groups attached to an aromatic ring is 1. The molecule has 1 aromatic heterocycles. The molecular weight excluding hydrogens is 308 g/mol. The van der Waals surface area contributed by atoms with E-state index >= 15 is 0 Å². The maximum Gasteiger partial charge on any atom is 0.180 e. The fourth-order valence-electron chi connectivity index (χ4n) is 3.04. The van der Waals surface area contributed by atoms with Crippen molar-refractivity contribution in [2.75, 3.05) is 39.0 Å². The lowest BCUT2D eigenvalue weighted by atomic mass is 10.1. The molecule has 1 fully saturated rings. The lowest BCUT2D eigenvalue weighted by Gasteiger charge is -2.38. The van der Waals surface area contributed by atoms with Crippen molar-refractivity contribution in [2.24, 2.45) is 0 Å². The zero-order valence-corrected chi connectivity index (χ0v) is 14.6. The van der Waals surface area contributed by atoms with Crippen LogP contribution in [0.5, 0.6) is 5.75 Å². The maximum atomic E-state index is 5.70. The Morgan fingerprint density at radius 3 is 2.74 bits per heavy atom. The quantitative estimate of drug-likeness (QED) is 0.912. The van der Waals surface area contributed by atoms with Gasteiger partial charge in [0.2, 0.25) is 0 Å². The van der Waals surface area contributed by atoms with Gasteiger partial charge in [0.15, 0.2) is 5.13 Å². The highest BCUT2D eigenvalue weighted by Gasteiger charge is 2.22. The Hall–Kier alpha value is -1.63. The van der Waals surface area contributed by atoms with Gasteiger partial charge in [0.1, 0.15) is 5.75 Å². The lowest BCUT2D eigenvalue weighted by molar-refractivity contribution is 0.0984. The minimum Gasteiger partial charge on any atom is -0.497 e. The Balaban J connectivity index is 1.55. The molecule has 2 N–H and O–H groups in total. The fraction of sp³-hybridized carbons (Fsp3) is 0.471. The minimum absolute atomic E-state index is 0.409. The summed E-state index contributed by atoms with van der Waals surface area (Å²) in [4.78, 5) is 10.4. The van der Waals surface area contributed by atoms with Gasteiger partial charge in [0.25, 0.3) is 0 Å². The summed E-state index contributed by atoms with van der Waals surface area (Å²) in [7, 11) is 1.72. The van der Waals surface area contributed by atoms with Crippen molar-refractivity contribution in [3.05, 3.63) is 40.9 Å². The standard InChI is InChI=1S/C17H24N4OS/c1-13(14-4-3-5-15(10-14)22-2)21-8-6-20(7-9-21)12-16-11-19-17(18)23-16/h3-5,10-11,13H,6-9,12H2,1-2H3,(H2,18,19). The number of ether oxygens (including phenoxy) is 1. The highest BCUT2D eigenvalue weighted by Crippen LogP contribution is 2.25. The van der Waals surface area contributed by atoms with E-state index in [1.807, 2.05) is 12.3 Å². The second kappa shape index (κ2) is 7.29. The molecule has 6 heteroatoms. The summed E-state index contributed by atoms with van der Waals surface area (Å²) >= 11 is 1.59. The van der Waals surface area contributed by atoms with Crippen LogP contribution in [-0.2, 0) is 6.54 Å². The normalized spacial score (nSPS) is 18.0. The van der Waals surface area contributed by atoms with E-state index in [0.29, 0.717) is 11.2 Å². The second-order valence-electron chi connectivity index (χ2n) is 5.93. The predicted octanol–water partition coefficient (Wildman–Crippen LogP) is 2.61. The summed E-state index contributed by atoms with van der Waals surface area (Å²) in [6.07, 6.45) is 1.89. The zero-order valence-electron chi connectivity index (χ0n) is 13.7. The molecule has 2 heterocycles. The smallest absolute Gasteiger partial charge is 0.180 e. The highest BCUT2D eigenvalue weighted by molar-refractivity contribution is 7.15. The van der Waals surface area contributed by atoms with Crippen molar-refractivity contribution in [3.8, 4) is 5.75 Å². The molecule has 2 aromatic rings. The molecule has 1 aliphatic rings. The summed E-state index contributed by atoms with van der Waals surface area (Å²) < 4.78 is 5.34. The number of anilines is 1. The first-order valence-corrected chi connectivity index (χ1v) is 8.78. The molecule has 5 nitrogen and oxygen atoms in total. The molecule has 0 bridgehead atoms. The van der Waals surface area contributed by atoms with Gasteiger partial charge in [0.05, 0.1) is 7.11 Å². The molecule has 0 saturated carbocycles. The van der Waals surface area contributed by atoms with E-state index in [2.05, 4.69) is 39.9 Å². The van der Waals surface area contributed by atoms with Gasteiger partial charge in [-0.1, -0.05) is 12.1 Å². The van der Waals surface area contributed by atoms with E-state index in [9.17, 15) is 0 Å². The molecule has 1 unspecified atom stereocenters. The van der Waals surface area contributed by atoms with Gasteiger partial charge in [-0.25, -0.2) is 4.98 Å². The van der Waals surface area contributed by atoms with Crippen molar-refractivity contribution in [1.29, 1.82) is 0 Å². The van der Waals surface area contributed by atoms with E-state index in [0.717, 1.165) is 38.5 Å². The van der Waals surface area contributed by atoms with E-state index in [-0.39, 0.29) is 0 Å². The number of aromatic nitrogens is 1. The van der Waals surface area contributed by atoms with Crippen LogP contribution in [-0.4, -0.2) is 48.1 Å². The van der Waals surface area contributed by atoms with Gasteiger partial charge in [-0.15, -0.1) is 11.3 Å². The number of thiazole rings is 1. The van der Waals surface area contributed by atoms with Crippen LogP contribution < -0.4 is 10.5 Å². The maximum absolute atomic E-state index is 5.70. The molecule has 0 amide bonds. The molecule has 23 heavy (non-hydrogen) atoms. The van der Waals surface area contributed by atoms with Crippen LogP contribution in [0, 0.1) is 0 Å². The van der Waals surface area contributed by atoms with Crippen LogP contribution in [0.25, 0.3) is 0 Å². The van der Waals surface area contributed by atoms with Gasteiger partial charge in [-0.3, -0.25) is 9.80 Å². The molecular formula is C17H24N4OS. The van der Waals surface area contributed by atoms with Crippen LogP contribution in [0.4, 0.5) is 5.13 Å². The second-order valence-corrected chi connectivity index (χ2v) is 7.08. The molecule has 124 valence electrons. The first kappa shape index (κ1) is 16.2. The van der Waals surface area contributed by atoms with Gasteiger partial charge in [-0.05, 0) is 24.6 Å². The SMILES string of the molecule is COc1cccc(C(C)N2CCN(Cc3cnc(N)s3)CC2)c1. The average Bonchev–Trinajstić information content (AvgIpc) is 3.00.